The van der Waals surface area contributed by atoms with E-state index in [1.807, 2.05) is 12.1 Å². The summed E-state index contributed by atoms with van der Waals surface area (Å²) >= 11 is -2.44. The number of aromatic nitrogens is 1. The lowest BCUT2D eigenvalue weighted by atomic mass is 9.93. The van der Waals surface area contributed by atoms with Gasteiger partial charge in [-0.2, -0.15) is 0 Å². The number of anilines is 2. The number of fused-ring (bicyclic) bond motifs is 3. The van der Waals surface area contributed by atoms with Gasteiger partial charge in [0, 0.05) is 63.6 Å². The summed E-state index contributed by atoms with van der Waals surface area (Å²) in [5.74, 6) is -0.842. The lowest BCUT2D eigenvalue weighted by Gasteiger charge is -2.21. The quantitative estimate of drug-likeness (QED) is 0.204. The molecule has 192 valence electrons. The zero-order valence-electron chi connectivity index (χ0n) is 20.2. The summed E-state index contributed by atoms with van der Waals surface area (Å²) in [7, 11) is 1.44. The molecule has 0 aliphatic rings. The number of nitrogens with two attached hydrogens (primary N) is 1. The molecule has 4 N–H and O–H groups in total. The maximum absolute atomic E-state index is 13.3. The van der Waals surface area contributed by atoms with Gasteiger partial charge in [-0.1, -0.05) is 24.3 Å². The molecule has 10 heteroatoms. The Kier molecular flexibility index (Phi) is 6.77. The van der Waals surface area contributed by atoms with Crippen molar-refractivity contribution in [1.29, 1.82) is 0 Å². The van der Waals surface area contributed by atoms with Gasteiger partial charge in [0.1, 0.15) is 5.82 Å². The lowest BCUT2D eigenvalue weighted by molar-refractivity contribution is 0.102. The summed E-state index contributed by atoms with van der Waals surface area (Å²) in [5.41, 5.74) is 11.3. The van der Waals surface area contributed by atoms with E-state index in [1.54, 1.807) is 36.4 Å². The number of halogens is 1. The van der Waals surface area contributed by atoms with Gasteiger partial charge in [0.05, 0.1) is 5.52 Å². The zero-order valence-corrected chi connectivity index (χ0v) is 21.0. The van der Waals surface area contributed by atoms with Crippen LogP contribution in [0.1, 0.15) is 26.3 Å². The number of H-pyrrole nitrogens is 1. The van der Waals surface area contributed by atoms with Crippen LogP contribution < -0.4 is 15.4 Å². The van der Waals surface area contributed by atoms with Crippen LogP contribution in [-0.4, -0.2) is 33.0 Å². The molecule has 1 heterocycles. The van der Waals surface area contributed by atoms with Gasteiger partial charge >= 0.3 is 0 Å². The second kappa shape index (κ2) is 10.2. The highest BCUT2D eigenvalue weighted by atomic mass is 32.2. The van der Waals surface area contributed by atoms with Gasteiger partial charge in [-0.05, 0) is 65.2 Å². The van der Waals surface area contributed by atoms with E-state index in [9.17, 15) is 22.7 Å². The van der Waals surface area contributed by atoms with E-state index in [2.05, 4.69) is 10.3 Å². The Morgan fingerprint density at radius 3 is 2.55 bits per heavy atom. The molecule has 4 aromatic carbocycles. The second-order valence-electron chi connectivity index (χ2n) is 8.64. The summed E-state index contributed by atoms with van der Waals surface area (Å²) in [5, 5.41) is 4.42. The first-order valence-corrected chi connectivity index (χ1v) is 12.6. The monoisotopic (exact) mass is 529 g/mol. The third-order valence-corrected chi connectivity index (χ3v) is 7.17. The fourth-order valence-electron chi connectivity index (χ4n) is 4.60. The SMILES string of the molecule is CN(c1ccc2c(c1)[nH]c1c(C=O)ccc(-c3cccc(NC(=O)c4ccc(F)cc4)c3CN)c12)S(=O)[O-]. The Labute approximate surface area is 219 Å². The molecule has 0 saturated heterocycles. The van der Waals surface area contributed by atoms with Crippen molar-refractivity contribution in [1.82, 2.24) is 4.98 Å². The van der Waals surface area contributed by atoms with E-state index >= 15 is 0 Å². The predicted molar refractivity (Wildman–Crippen MR) is 146 cm³/mol. The Morgan fingerprint density at radius 1 is 1.11 bits per heavy atom. The van der Waals surface area contributed by atoms with E-state index in [0.29, 0.717) is 39.1 Å². The Hall–Kier alpha value is -4.38. The average Bonchev–Trinajstić information content (AvgIpc) is 3.31. The van der Waals surface area contributed by atoms with Crippen molar-refractivity contribution in [2.24, 2.45) is 5.73 Å². The molecule has 5 aromatic rings. The van der Waals surface area contributed by atoms with E-state index in [-0.39, 0.29) is 6.54 Å². The van der Waals surface area contributed by atoms with Crippen LogP contribution in [0.3, 0.4) is 0 Å². The highest BCUT2D eigenvalue weighted by Crippen LogP contribution is 2.40. The van der Waals surface area contributed by atoms with Crippen LogP contribution in [0.2, 0.25) is 0 Å². The number of nitrogens with one attached hydrogen (secondary N) is 2. The summed E-state index contributed by atoms with van der Waals surface area (Å²) in [6.45, 7) is 0.110. The van der Waals surface area contributed by atoms with Crippen LogP contribution >= 0.6 is 0 Å². The van der Waals surface area contributed by atoms with Gasteiger partial charge in [-0.15, -0.1) is 0 Å². The first-order valence-electron chi connectivity index (χ1n) is 11.6. The van der Waals surface area contributed by atoms with Crippen LogP contribution in [0.4, 0.5) is 15.8 Å². The van der Waals surface area contributed by atoms with E-state index in [0.717, 1.165) is 32.5 Å². The minimum Gasteiger partial charge on any atom is -0.755 e. The maximum Gasteiger partial charge on any atom is 0.255 e. The van der Waals surface area contributed by atoms with Gasteiger partial charge in [-0.3, -0.25) is 13.8 Å². The number of hydrogen-bond donors (Lipinski definition) is 3. The molecule has 1 unspecified atom stereocenters. The predicted octanol–water partition coefficient (Wildman–Crippen LogP) is 4.88. The Balaban J connectivity index is 1.67. The van der Waals surface area contributed by atoms with Crippen LogP contribution in [0.5, 0.6) is 0 Å². The van der Waals surface area contributed by atoms with Gasteiger partial charge in [0.2, 0.25) is 0 Å². The fraction of sp³-hybridized carbons (Fsp3) is 0.0714. The maximum atomic E-state index is 13.3. The van der Waals surface area contributed by atoms with Gasteiger partial charge in [-0.25, -0.2) is 4.39 Å². The number of amides is 1. The van der Waals surface area contributed by atoms with Crippen LogP contribution in [0, 0.1) is 5.82 Å². The van der Waals surface area contributed by atoms with Crippen molar-refractivity contribution in [2.45, 2.75) is 6.54 Å². The molecule has 0 spiro atoms. The van der Waals surface area contributed by atoms with Crippen LogP contribution in [0.25, 0.3) is 32.9 Å². The summed E-state index contributed by atoms with van der Waals surface area (Å²) in [6, 6.07) is 19.4. The number of rotatable bonds is 7. The van der Waals surface area contributed by atoms with Crippen LogP contribution in [0.15, 0.2) is 72.8 Å². The first kappa shape index (κ1) is 25.3. The van der Waals surface area contributed by atoms with Gasteiger partial charge in [0.25, 0.3) is 5.91 Å². The third-order valence-electron chi connectivity index (χ3n) is 6.51. The smallest absolute Gasteiger partial charge is 0.255 e. The molecule has 0 radical (unpaired) electrons. The minimum atomic E-state index is -2.44. The summed E-state index contributed by atoms with van der Waals surface area (Å²) < 4.78 is 37.3. The van der Waals surface area contributed by atoms with E-state index < -0.39 is 23.0 Å². The molecule has 0 fully saturated rings. The van der Waals surface area contributed by atoms with E-state index in [4.69, 9.17) is 5.73 Å². The molecule has 1 atom stereocenters. The summed E-state index contributed by atoms with van der Waals surface area (Å²) in [4.78, 5) is 28.0. The van der Waals surface area contributed by atoms with Crippen molar-refractivity contribution >= 4 is 56.6 Å². The standard InChI is InChI=1S/C28H23FN4O4S/c1-33(38(36)37)19-10-12-22-25(13-19)31-27-17(15-34)7-11-21(26(22)27)20-3-2-4-24(23(20)14-30)32-28(35)16-5-8-18(29)9-6-16/h2-13,15,31H,14,30H2,1H3,(H,32,35)(H,36,37)/p-1. The van der Waals surface area contributed by atoms with Crippen molar-refractivity contribution in [3.05, 3.63) is 95.3 Å². The molecular formula is C28H22FN4O4S-. The van der Waals surface area contributed by atoms with Gasteiger partial charge in [0.15, 0.2) is 6.29 Å². The van der Waals surface area contributed by atoms with Crippen LogP contribution in [-0.2, 0) is 17.8 Å². The molecule has 38 heavy (non-hydrogen) atoms. The van der Waals surface area contributed by atoms with E-state index in [1.165, 1.54) is 31.3 Å². The topological polar surface area (TPSA) is 131 Å². The zero-order chi connectivity index (χ0) is 27.0. The summed E-state index contributed by atoms with van der Waals surface area (Å²) in [6.07, 6.45) is 0.754. The molecule has 0 bridgehead atoms. The molecule has 5 rings (SSSR count). The molecule has 8 nitrogen and oxygen atoms in total. The third kappa shape index (κ3) is 4.45. The normalized spacial score (nSPS) is 12.0. The number of nitrogens with zero attached hydrogens (tertiary/aromatic N) is 1. The molecule has 1 amide bonds. The van der Waals surface area contributed by atoms with Gasteiger partial charge < -0.3 is 24.9 Å². The molecule has 0 aliphatic carbocycles. The second-order valence-corrected chi connectivity index (χ2v) is 9.62. The average molecular weight is 530 g/mol. The molecule has 1 aromatic heterocycles. The Bertz CT molecular complexity index is 1730. The first-order chi connectivity index (χ1) is 18.3. The number of hydrogen-bond acceptors (Lipinski definition) is 5. The highest BCUT2D eigenvalue weighted by Gasteiger charge is 2.19. The fourth-order valence-corrected chi connectivity index (χ4v) is 4.88. The highest BCUT2D eigenvalue weighted by molar-refractivity contribution is 7.80. The molecule has 0 saturated carbocycles. The lowest BCUT2D eigenvalue weighted by Crippen LogP contribution is -2.19. The molecule has 0 aliphatic heterocycles. The Morgan fingerprint density at radius 2 is 1.87 bits per heavy atom. The number of benzene rings is 4. The van der Waals surface area contributed by atoms with Crippen molar-refractivity contribution in [2.75, 3.05) is 16.7 Å². The van der Waals surface area contributed by atoms with Crippen molar-refractivity contribution < 1.29 is 22.7 Å². The number of aldehydes is 1. The largest absolute Gasteiger partial charge is 0.755 e. The molecular weight excluding hydrogens is 507 g/mol. The number of carbonyl (C=O) groups excluding carboxylic acids is 2. The van der Waals surface area contributed by atoms with Crippen molar-refractivity contribution in [3.63, 3.8) is 0 Å². The number of aromatic amines is 1. The van der Waals surface area contributed by atoms with Crippen molar-refractivity contribution in [3.8, 4) is 11.1 Å². The number of carbonyl (C=O) groups is 2. The minimum absolute atomic E-state index is 0.110.